The number of aromatic nitrogens is 2. The monoisotopic (exact) mass is 380 g/mol. The number of pyridine rings is 1. The van der Waals surface area contributed by atoms with Gasteiger partial charge in [-0.25, -0.2) is 9.55 Å². The van der Waals surface area contributed by atoms with Crippen molar-refractivity contribution in [3.05, 3.63) is 48.3 Å². The lowest BCUT2D eigenvalue weighted by Gasteiger charge is -1.95. The van der Waals surface area contributed by atoms with Crippen LogP contribution in [-0.4, -0.2) is 4.98 Å². The number of benzene rings is 1. The van der Waals surface area contributed by atoms with Crippen molar-refractivity contribution in [3.8, 4) is 11.5 Å². The molecule has 3 rings (SSSR count). The minimum atomic E-state index is 0. The summed E-state index contributed by atoms with van der Waals surface area (Å²) in [5, 5.41) is 0. The summed E-state index contributed by atoms with van der Waals surface area (Å²) in [5.41, 5.74) is 3.97. The van der Waals surface area contributed by atoms with E-state index in [0.29, 0.717) is 5.89 Å². The second-order valence-electron chi connectivity index (χ2n) is 4.82. The topological polar surface area (TPSA) is 29.9 Å². The summed E-state index contributed by atoms with van der Waals surface area (Å²) in [6.45, 7) is 5.24. The lowest BCUT2D eigenvalue weighted by molar-refractivity contribution is -0.696. The second kappa shape index (κ2) is 6.35. The molecular weight excluding hydrogens is 363 g/mol. The van der Waals surface area contributed by atoms with Crippen molar-refractivity contribution < 1.29 is 33.0 Å². The maximum absolute atomic E-state index is 5.82. The fourth-order valence-electron chi connectivity index (χ4n) is 2.21. The SMILES string of the molecule is CCC[n+]1cccc(-c2nc3cc(C)ccc3o2)c1.[I-]. The van der Waals surface area contributed by atoms with Crippen LogP contribution in [-0.2, 0) is 6.54 Å². The summed E-state index contributed by atoms with van der Waals surface area (Å²) in [6, 6.07) is 10.1. The molecule has 0 fully saturated rings. The third-order valence-electron chi connectivity index (χ3n) is 3.13. The number of nitrogens with zero attached hydrogens (tertiary/aromatic N) is 2. The minimum absolute atomic E-state index is 0. The van der Waals surface area contributed by atoms with Crippen molar-refractivity contribution in [1.82, 2.24) is 4.98 Å². The van der Waals surface area contributed by atoms with E-state index in [1.165, 1.54) is 5.56 Å². The average molecular weight is 380 g/mol. The van der Waals surface area contributed by atoms with Crippen LogP contribution in [0.4, 0.5) is 0 Å². The van der Waals surface area contributed by atoms with Crippen LogP contribution in [0.25, 0.3) is 22.6 Å². The molecule has 0 atom stereocenters. The first-order chi connectivity index (χ1) is 9.26. The molecule has 0 aliphatic rings. The lowest BCUT2D eigenvalue weighted by atomic mass is 10.2. The Morgan fingerprint density at radius 1 is 1.25 bits per heavy atom. The highest BCUT2D eigenvalue weighted by Crippen LogP contribution is 2.23. The average Bonchev–Trinajstić information content (AvgIpc) is 2.82. The Bertz CT molecular complexity index is 721. The van der Waals surface area contributed by atoms with Crippen LogP contribution >= 0.6 is 0 Å². The zero-order valence-electron chi connectivity index (χ0n) is 11.6. The van der Waals surface area contributed by atoms with Gasteiger partial charge in [-0.05, 0) is 30.7 Å². The van der Waals surface area contributed by atoms with E-state index in [2.05, 4.69) is 35.8 Å². The Morgan fingerprint density at radius 3 is 2.90 bits per heavy atom. The van der Waals surface area contributed by atoms with Crippen LogP contribution in [0.1, 0.15) is 18.9 Å². The summed E-state index contributed by atoms with van der Waals surface area (Å²) >= 11 is 0. The van der Waals surface area contributed by atoms with Crippen LogP contribution in [0.3, 0.4) is 0 Å². The summed E-state index contributed by atoms with van der Waals surface area (Å²) in [5.74, 6) is 0.686. The maximum atomic E-state index is 5.82. The first kappa shape index (κ1) is 15.0. The van der Waals surface area contributed by atoms with Gasteiger partial charge in [-0.15, -0.1) is 0 Å². The van der Waals surface area contributed by atoms with Gasteiger partial charge in [-0.1, -0.05) is 13.0 Å². The van der Waals surface area contributed by atoms with E-state index in [-0.39, 0.29) is 24.0 Å². The normalized spacial score (nSPS) is 10.5. The molecule has 0 aliphatic carbocycles. The highest BCUT2D eigenvalue weighted by molar-refractivity contribution is 5.76. The molecule has 3 nitrogen and oxygen atoms in total. The quantitative estimate of drug-likeness (QED) is 0.490. The summed E-state index contributed by atoms with van der Waals surface area (Å²) in [7, 11) is 0. The zero-order valence-corrected chi connectivity index (χ0v) is 13.8. The number of fused-ring (bicyclic) bond motifs is 1. The third kappa shape index (κ3) is 3.00. The lowest BCUT2D eigenvalue weighted by Crippen LogP contribution is -3.00. The van der Waals surface area contributed by atoms with Crippen molar-refractivity contribution in [2.45, 2.75) is 26.8 Å². The molecule has 0 spiro atoms. The predicted octanol–water partition coefficient (Wildman–Crippen LogP) is 0.505. The minimum Gasteiger partial charge on any atom is -1.00 e. The molecule has 0 radical (unpaired) electrons. The largest absolute Gasteiger partial charge is 1.00 e. The van der Waals surface area contributed by atoms with E-state index < -0.39 is 0 Å². The molecule has 0 bridgehead atoms. The molecule has 0 saturated heterocycles. The highest BCUT2D eigenvalue weighted by atomic mass is 127. The van der Waals surface area contributed by atoms with Gasteiger partial charge >= 0.3 is 0 Å². The molecule has 20 heavy (non-hydrogen) atoms. The van der Waals surface area contributed by atoms with Crippen LogP contribution in [0.5, 0.6) is 0 Å². The van der Waals surface area contributed by atoms with Gasteiger partial charge in [0.05, 0.1) is 0 Å². The van der Waals surface area contributed by atoms with E-state index in [0.717, 1.165) is 29.6 Å². The van der Waals surface area contributed by atoms with Gasteiger partial charge in [0.25, 0.3) is 0 Å². The predicted molar refractivity (Wildman–Crippen MR) is 74.7 cm³/mol. The first-order valence-corrected chi connectivity index (χ1v) is 6.63. The second-order valence-corrected chi connectivity index (χ2v) is 4.82. The summed E-state index contributed by atoms with van der Waals surface area (Å²) in [4.78, 5) is 4.57. The van der Waals surface area contributed by atoms with E-state index >= 15 is 0 Å². The number of hydrogen-bond acceptors (Lipinski definition) is 2. The van der Waals surface area contributed by atoms with Crippen molar-refractivity contribution in [2.24, 2.45) is 0 Å². The van der Waals surface area contributed by atoms with Gasteiger partial charge in [0.2, 0.25) is 5.89 Å². The Kier molecular flexibility index (Phi) is 4.75. The molecule has 0 unspecified atom stereocenters. The third-order valence-corrected chi connectivity index (χ3v) is 3.13. The Morgan fingerprint density at radius 2 is 2.10 bits per heavy atom. The molecule has 2 heterocycles. The van der Waals surface area contributed by atoms with Crippen LogP contribution in [0.2, 0.25) is 0 Å². The van der Waals surface area contributed by atoms with Gasteiger partial charge in [0, 0.05) is 12.5 Å². The van der Waals surface area contributed by atoms with Crippen LogP contribution in [0.15, 0.2) is 47.1 Å². The molecule has 0 amide bonds. The summed E-state index contributed by atoms with van der Waals surface area (Å²) in [6.07, 6.45) is 5.27. The van der Waals surface area contributed by atoms with E-state index in [4.69, 9.17) is 4.42 Å². The standard InChI is InChI=1S/C16H17N2O.HI/c1-3-8-18-9-4-5-13(11-18)16-17-14-10-12(2)6-7-15(14)19-16;/h4-7,9-11H,3,8H2,1-2H3;1H/q+1;/p-1. The van der Waals surface area contributed by atoms with E-state index in [1.54, 1.807) is 0 Å². The van der Waals surface area contributed by atoms with Gasteiger partial charge in [0.15, 0.2) is 18.0 Å². The molecule has 2 aromatic heterocycles. The van der Waals surface area contributed by atoms with Crippen LogP contribution < -0.4 is 28.5 Å². The van der Waals surface area contributed by atoms with E-state index in [1.807, 2.05) is 30.3 Å². The van der Waals surface area contributed by atoms with Crippen molar-refractivity contribution >= 4 is 11.1 Å². The van der Waals surface area contributed by atoms with Crippen LogP contribution in [0, 0.1) is 6.92 Å². The number of rotatable bonds is 3. The Balaban J connectivity index is 0.00000147. The molecule has 0 aliphatic heterocycles. The number of hydrogen-bond donors (Lipinski definition) is 0. The maximum Gasteiger partial charge on any atom is 0.233 e. The fourth-order valence-corrected chi connectivity index (χ4v) is 2.21. The van der Waals surface area contributed by atoms with Gasteiger partial charge in [0.1, 0.15) is 17.6 Å². The van der Waals surface area contributed by atoms with E-state index in [9.17, 15) is 0 Å². The molecule has 0 saturated carbocycles. The molecular formula is C16H17IN2O. The molecule has 1 aromatic carbocycles. The number of aryl methyl sites for hydroxylation is 2. The fraction of sp³-hybridized carbons (Fsp3) is 0.250. The summed E-state index contributed by atoms with van der Waals surface area (Å²) < 4.78 is 7.98. The zero-order chi connectivity index (χ0) is 13.2. The van der Waals surface area contributed by atoms with Gasteiger partial charge < -0.3 is 28.4 Å². The molecule has 0 N–H and O–H groups in total. The Labute approximate surface area is 135 Å². The van der Waals surface area contributed by atoms with Crippen molar-refractivity contribution in [3.63, 3.8) is 0 Å². The molecule has 3 aromatic rings. The van der Waals surface area contributed by atoms with Crippen molar-refractivity contribution in [1.29, 1.82) is 0 Å². The van der Waals surface area contributed by atoms with Crippen molar-refractivity contribution in [2.75, 3.05) is 0 Å². The smallest absolute Gasteiger partial charge is 0.233 e. The highest BCUT2D eigenvalue weighted by Gasteiger charge is 2.11. The number of oxazole rings is 1. The van der Waals surface area contributed by atoms with Gasteiger partial charge in [-0.2, -0.15) is 0 Å². The molecule has 104 valence electrons. The van der Waals surface area contributed by atoms with Gasteiger partial charge in [-0.3, -0.25) is 0 Å². The first-order valence-electron chi connectivity index (χ1n) is 6.63. The molecule has 4 heteroatoms. The number of halogens is 1. The Hall–Kier alpha value is -1.43.